The molecule has 0 aliphatic heterocycles. The number of rotatable bonds is 8. The fraction of sp³-hybridized carbons (Fsp3) is 0.533. The van der Waals surface area contributed by atoms with Gasteiger partial charge in [-0.2, -0.15) is 0 Å². The van der Waals surface area contributed by atoms with Gasteiger partial charge in [0.1, 0.15) is 0 Å². The molecule has 5 heteroatoms. The minimum absolute atomic E-state index is 0. The zero-order valence-corrected chi connectivity index (χ0v) is 13.4. The SMILES string of the molecule is CCN(CC)CCCC(=O)N(C)Nc1ccccc1.Cl. The van der Waals surface area contributed by atoms with Gasteiger partial charge < -0.3 is 4.90 Å². The van der Waals surface area contributed by atoms with Crippen molar-refractivity contribution < 1.29 is 4.79 Å². The van der Waals surface area contributed by atoms with Gasteiger partial charge in [0, 0.05) is 13.5 Å². The van der Waals surface area contributed by atoms with Gasteiger partial charge in [-0.3, -0.25) is 15.2 Å². The molecule has 1 rings (SSSR count). The molecule has 0 aromatic heterocycles. The summed E-state index contributed by atoms with van der Waals surface area (Å²) in [5.41, 5.74) is 4.01. The number of hydrogen-bond acceptors (Lipinski definition) is 3. The summed E-state index contributed by atoms with van der Waals surface area (Å²) in [6.07, 6.45) is 1.48. The third-order valence-electron chi connectivity index (χ3n) is 3.20. The van der Waals surface area contributed by atoms with E-state index in [9.17, 15) is 4.79 Å². The van der Waals surface area contributed by atoms with Crippen molar-refractivity contribution in [3.8, 4) is 0 Å². The molecular formula is C15H26ClN3O. The van der Waals surface area contributed by atoms with E-state index >= 15 is 0 Å². The van der Waals surface area contributed by atoms with Crippen LogP contribution in [0.15, 0.2) is 30.3 Å². The summed E-state index contributed by atoms with van der Waals surface area (Å²) >= 11 is 0. The number of amides is 1. The van der Waals surface area contributed by atoms with Crippen LogP contribution in [-0.4, -0.2) is 42.5 Å². The molecule has 4 nitrogen and oxygen atoms in total. The Hall–Kier alpha value is -1.26. The zero-order chi connectivity index (χ0) is 14.1. The predicted octanol–water partition coefficient (Wildman–Crippen LogP) is 3.02. The van der Waals surface area contributed by atoms with E-state index in [0.29, 0.717) is 6.42 Å². The molecule has 1 aromatic rings. The lowest BCUT2D eigenvalue weighted by molar-refractivity contribution is -0.128. The molecule has 0 bridgehead atoms. The van der Waals surface area contributed by atoms with Crippen molar-refractivity contribution in [1.29, 1.82) is 0 Å². The van der Waals surface area contributed by atoms with Crippen LogP contribution in [0.25, 0.3) is 0 Å². The standard InChI is InChI=1S/C15H25N3O.ClH/c1-4-18(5-2)13-9-12-15(19)17(3)16-14-10-7-6-8-11-14;/h6-8,10-11,16H,4-5,9,12-13H2,1-3H3;1H. The molecule has 0 unspecified atom stereocenters. The van der Waals surface area contributed by atoms with Crippen molar-refractivity contribution in [2.75, 3.05) is 32.1 Å². The van der Waals surface area contributed by atoms with Crippen LogP contribution in [0.4, 0.5) is 5.69 Å². The van der Waals surface area contributed by atoms with Crippen LogP contribution >= 0.6 is 12.4 Å². The van der Waals surface area contributed by atoms with Crippen molar-refractivity contribution in [2.45, 2.75) is 26.7 Å². The Kier molecular flexibility index (Phi) is 9.86. The van der Waals surface area contributed by atoms with Crippen LogP contribution in [0.2, 0.25) is 0 Å². The first-order valence-electron chi connectivity index (χ1n) is 6.98. The molecule has 0 spiro atoms. The monoisotopic (exact) mass is 299 g/mol. The van der Waals surface area contributed by atoms with Gasteiger partial charge in [0.25, 0.3) is 0 Å². The van der Waals surface area contributed by atoms with E-state index in [1.807, 2.05) is 30.3 Å². The number of para-hydroxylation sites is 1. The molecule has 0 aliphatic rings. The molecule has 0 atom stereocenters. The van der Waals surface area contributed by atoms with Gasteiger partial charge >= 0.3 is 0 Å². The fourth-order valence-corrected chi connectivity index (χ4v) is 1.93. The Morgan fingerprint density at radius 1 is 1.15 bits per heavy atom. The largest absolute Gasteiger partial charge is 0.304 e. The molecule has 0 radical (unpaired) electrons. The molecule has 0 saturated heterocycles. The number of anilines is 1. The molecular weight excluding hydrogens is 274 g/mol. The first kappa shape index (κ1) is 18.7. The number of carbonyl (C=O) groups excluding carboxylic acids is 1. The average molecular weight is 300 g/mol. The summed E-state index contributed by atoms with van der Waals surface area (Å²) in [7, 11) is 1.77. The Balaban J connectivity index is 0.00000361. The second-order valence-corrected chi connectivity index (χ2v) is 4.56. The van der Waals surface area contributed by atoms with Crippen LogP contribution in [-0.2, 0) is 4.79 Å². The maximum absolute atomic E-state index is 12.0. The molecule has 114 valence electrons. The highest BCUT2D eigenvalue weighted by Gasteiger charge is 2.09. The van der Waals surface area contributed by atoms with E-state index in [-0.39, 0.29) is 18.3 Å². The normalized spacial score (nSPS) is 10.0. The van der Waals surface area contributed by atoms with E-state index in [0.717, 1.165) is 31.7 Å². The second-order valence-electron chi connectivity index (χ2n) is 4.56. The van der Waals surface area contributed by atoms with Crippen molar-refractivity contribution in [1.82, 2.24) is 9.91 Å². The Labute approximate surface area is 128 Å². The quantitative estimate of drug-likeness (QED) is 0.750. The van der Waals surface area contributed by atoms with E-state index in [1.165, 1.54) is 0 Å². The maximum atomic E-state index is 12.0. The molecule has 0 heterocycles. The van der Waals surface area contributed by atoms with Crippen molar-refractivity contribution in [3.05, 3.63) is 30.3 Å². The highest BCUT2D eigenvalue weighted by Crippen LogP contribution is 2.07. The van der Waals surface area contributed by atoms with E-state index in [1.54, 1.807) is 12.1 Å². The van der Waals surface area contributed by atoms with Crippen LogP contribution < -0.4 is 5.43 Å². The lowest BCUT2D eigenvalue weighted by atomic mass is 10.2. The first-order valence-corrected chi connectivity index (χ1v) is 6.98. The Bertz CT molecular complexity index is 369. The summed E-state index contributed by atoms with van der Waals surface area (Å²) in [6, 6.07) is 9.73. The Morgan fingerprint density at radius 3 is 2.30 bits per heavy atom. The highest BCUT2D eigenvalue weighted by molar-refractivity contribution is 5.85. The summed E-state index contributed by atoms with van der Waals surface area (Å²) in [4.78, 5) is 14.3. The molecule has 1 amide bonds. The number of nitrogens with one attached hydrogen (secondary N) is 1. The van der Waals surface area contributed by atoms with Crippen LogP contribution in [0.3, 0.4) is 0 Å². The van der Waals surface area contributed by atoms with Gasteiger partial charge in [-0.1, -0.05) is 32.0 Å². The second kappa shape index (κ2) is 10.5. The first-order chi connectivity index (χ1) is 9.17. The fourth-order valence-electron chi connectivity index (χ4n) is 1.93. The number of nitrogens with zero attached hydrogens (tertiary/aromatic N) is 2. The van der Waals surface area contributed by atoms with E-state index in [4.69, 9.17) is 0 Å². The van der Waals surface area contributed by atoms with E-state index < -0.39 is 0 Å². The topological polar surface area (TPSA) is 35.6 Å². The summed E-state index contributed by atoms with van der Waals surface area (Å²) < 4.78 is 0. The maximum Gasteiger partial charge on any atom is 0.240 e. The summed E-state index contributed by atoms with van der Waals surface area (Å²) in [5, 5.41) is 1.57. The number of hydrazine groups is 1. The van der Waals surface area contributed by atoms with Crippen molar-refractivity contribution in [2.24, 2.45) is 0 Å². The third-order valence-corrected chi connectivity index (χ3v) is 3.20. The number of carbonyl (C=O) groups is 1. The van der Waals surface area contributed by atoms with E-state index in [2.05, 4.69) is 24.2 Å². The van der Waals surface area contributed by atoms with Gasteiger partial charge in [0.2, 0.25) is 5.91 Å². The smallest absolute Gasteiger partial charge is 0.240 e. The Morgan fingerprint density at radius 2 is 1.75 bits per heavy atom. The zero-order valence-electron chi connectivity index (χ0n) is 12.6. The van der Waals surface area contributed by atoms with Gasteiger partial charge in [-0.15, -0.1) is 12.4 Å². The van der Waals surface area contributed by atoms with Gasteiger partial charge in [-0.05, 0) is 38.2 Å². The minimum Gasteiger partial charge on any atom is -0.304 e. The highest BCUT2D eigenvalue weighted by atomic mass is 35.5. The molecule has 1 aromatic carbocycles. The number of benzene rings is 1. The summed E-state index contributed by atoms with van der Waals surface area (Å²) in [5.74, 6) is 0.121. The molecule has 0 fully saturated rings. The summed E-state index contributed by atoms with van der Waals surface area (Å²) in [6.45, 7) is 7.37. The molecule has 0 aliphatic carbocycles. The lowest BCUT2D eigenvalue weighted by Crippen LogP contribution is -2.33. The van der Waals surface area contributed by atoms with Crippen LogP contribution in [0, 0.1) is 0 Å². The van der Waals surface area contributed by atoms with Gasteiger partial charge in [-0.25, -0.2) is 0 Å². The molecule has 20 heavy (non-hydrogen) atoms. The van der Waals surface area contributed by atoms with Gasteiger partial charge in [0.15, 0.2) is 0 Å². The van der Waals surface area contributed by atoms with Crippen molar-refractivity contribution in [3.63, 3.8) is 0 Å². The van der Waals surface area contributed by atoms with Crippen LogP contribution in [0.5, 0.6) is 0 Å². The average Bonchev–Trinajstić information content (AvgIpc) is 2.44. The van der Waals surface area contributed by atoms with Crippen LogP contribution in [0.1, 0.15) is 26.7 Å². The minimum atomic E-state index is 0. The third kappa shape index (κ3) is 6.78. The number of halogens is 1. The number of hydrogen-bond donors (Lipinski definition) is 1. The lowest BCUT2D eigenvalue weighted by Gasteiger charge is -2.21. The molecule has 0 saturated carbocycles. The molecule has 1 N–H and O–H groups in total. The predicted molar refractivity (Wildman–Crippen MR) is 87.1 cm³/mol. The van der Waals surface area contributed by atoms with Gasteiger partial charge in [0.05, 0.1) is 5.69 Å². The van der Waals surface area contributed by atoms with Crippen molar-refractivity contribution >= 4 is 24.0 Å².